The van der Waals surface area contributed by atoms with Gasteiger partial charge in [0.15, 0.2) is 0 Å². The van der Waals surface area contributed by atoms with Crippen molar-refractivity contribution in [3.05, 3.63) is 23.6 Å². The number of hydrogen-bond donors (Lipinski definition) is 0. The smallest absolute Gasteiger partial charge is 0.249 e. The van der Waals surface area contributed by atoms with E-state index in [4.69, 9.17) is 6.57 Å². The van der Waals surface area contributed by atoms with Crippen molar-refractivity contribution >= 4 is 5.91 Å². The molecule has 0 spiro atoms. The van der Waals surface area contributed by atoms with Gasteiger partial charge in [0.1, 0.15) is 6.04 Å². The monoisotopic (exact) mass is 180 g/mol. The summed E-state index contributed by atoms with van der Waals surface area (Å²) in [6.07, 6.45) is 0. The second-order valence-corrected chi connectivity index (χ2v) is 3.06. The lowest BCUT2D eigenvalue weighted by atomic mass is 10.2. The standard InChI is InChI=1S/C10H16N2O/c1-6-12(9(4)7-11-5)10(13)8(2)3/h9H,2,6-7H2,1,3-4H3. The molecule has 1 amide bonds. The molecule has 0 radical (unpaired) electrons. The summed E-state index contributed by atoms with van der Waals surface area (Å²) in [5.74, 6) is -0.0568. The van der Waals surface area contributed by atoms with Gasteiger partial charge in [0.25, 0.3) is 0 Å². The normalized spacial score (nSPS) is 11.5. The van der Waals surface area contributed by atoms with Crippen LogP contribution in [0.1, 0.15) is 20.8 Å². The first kappa shape index (κ1) is 11.7. The molecule has 0 bridgehead atoms. The van der Waals surface area contributed by atoms with Crippen molar-refractivity contribution in [1.82, 2.24) is 4.90 Å². The SMILES string of the molecule is [C-]#[N+]CC(C)N(CC)C(=O)C(=C)C. The Hall–Kier alpha value is -1.30. The van der Waals surface area contributed by atoms with E-state index >= 15 is 0 Å². The molecule has 0 fully saturated rings. The van der Waals surface area contributed by atoms with Gasteiger partial charge in [-0.2, -0.15) is 0 Å². The van der Waals surface area contributed by atoms with E-state index in [0.29, 0.717) is 18.7 Å². The van der Waals surface area contributed by atoms with Gasteiger partial charge in [0, 0.05) is 12.1 Å². The number of amides is 1. The fourth-order valence-corrected chi connectivity index (χ4v) is 1.13. The van der Waals surface area contributed by atoms with Gasteiger partial charge in [-0.1, -0.05) is 6.58 Å². The molecule has 13 heavy (non-hydrogen) atoms. The van der Waals surface area contributed by atoms with Crippen LogP contribution >= 0.6 is 0 Å². The minimum absolute atomic E-state index is 0.0216. The Morgan fingerprint density at radius 2 is 2.23 bits per heavy atom. The van der Waals surface area contributed by atoms with Crippen molar-refractivity contribution in [2.45, 2.75) is 26.8 Å². The number of carbonyl (C=O) groups excluding carboxylic acids is 1. The topological polar surface area (TPSA) is 24.7 Å². The summed E-state index contributed by atoms with van der Waals surface area (Å²) in [6.45, 7) is 16.8. The van der Waals surface area contributed by atoms with Crippen molar-refractivity contribution in [1.29, 1.82) is 0 Å². The zero-order valence-electron chi connectivity index (χ0n) is 8.50. The molecule has 0 N–H and O–H groups in total. The van der Waals surface area contributed by atoms with E-state index in [1.165, 1.54) is 0 Å². The summed E-state index contributed by atoms with van der Waals surface area (Å²) in [5, 5.41) is 0. The Morgan fingerprint density at radius 3 is 2.54 bits per heavy atom. The summed E-state index contributed by atoms with van der Waals surface area (Å²) >= 11 is 0. The molecule has 0 aromatic carbocycles. The second-order valence-electron chi connectivity index (χ2n) is 3.06. The van der Waals surface area contributed by atoms with Crippen molar-refractivity contribution in [2.75, 3.05) is 13.1 Å². The van der Waals surface area contributed by atoms with Crippen molar-refractivity contribution in [3.8, 4) is 0 Å². The zero-order chi connectivity index (χ0) is 10.4. The van der Waals surface area contributed by atoms with Crippen LogP contribution in [-0.4, -0.2) is 29.9 Å². The van der Waals surface area contributed by atoms with E-state index in [1.807, 2.05) is 13.8 Å². The van der Waals surface area contributed by atoms with Crippen LogP contribution < -0.4 is 0 Å². The Kier molecular flexibility index (Phi) is 4.83. The largest absolute Gasteiger partial charge is 0.329 e. The maximum Gasteiger partial charge on any atom is 0.249 e. The summed E-state index contributed by atoms with van der Waals surface area (Å²) in [5.41, 5.74) is 0.527. The third-order valence-electron chi connectivity index (χ3n) is 1.85. The first-order valence-corrected chi connectivity index (χ1v) is 4.34. The van der Waals surface area contributed by atoms with Crippen LogP contribution in [0.5, 0.6) is 0 Å². The third-order valence-corrected chi connectivity index (χ3v) is 1.85. The van der Waals surface area contributed by atoms with Gasteiger partial charge in [-0.15, -0.1) is 0 Å². The molecule has 0 rings (SSSR count). The molecule has 0 aliphatic rings. The van der Waals surface area contributed by atoms with Gasteiger partial charge < -0.3 is 9.74 Å². The Bertz CT molecular complexity index is 240. The molecule has 1 atom stereocenters. The van der Waals surface area contributed by atoms with Gasteiger partial charge >= 0.3 is 0 Å². The van der Waals surface area contributed by atoms with E-state index in [9.17, 15) is 4.79 Å². The molecule has 3 heteroatoms. The van der Waals surface area contributed by atoms with Gasteiger partial charge in [0.2, 0.25) is 12.5 Å². The molecule has 0 saturated heterocycles. The Morgan fingerprint density at radius 1 is 1.69 bits per heavy atom. The van der Waals surface area contributed by atoms with Crippen molar-refractivity contribution in [2.24, 2.45) is 0 Å². The van der Waals surface area contributed by atoms with Crippen LogP contribution in [0.2, 0.25) is 0 Å². The summed E-state index contributed by atoms with van der Waals surface area (Å²) in [7, 11) is 0. The van der Waals surface area contributed by atoms with Gasteiger partial charge in [0.05, 0.1) is 0 Å². The minimum Gasteiger partial charge on any atom is -0.329 e. The highest BCUT2D eigenvalue weighted by Gasteiger charge is 2.20. The third kappa shape index (κ3) is 3.29. The number of likely N-dealkylation sites (N-methyl/N-ethyl adjacent to an activating group) is 1. The lowest BCUT2D eigenvalue weighted by Gasteiger charge is -2.24. The first-order chi connectivity index (χ1) is 6.04. The molecular formula is C10H16N2O. The first-order valence-electron chi connectivity index (χ1n) is 4.34. The highest BCUT2D eigenvalue weighted by atomic mass is 16.2. The van der Waals surface area contributed by atoms with Gasteiger partial charge in [-0.25, -0.2) is 6.57 Å². The van der Waals surface area contributed by atoms with E-state index in [-0.39, 0.29) is 11.9 Å². The number of nitrogens with zero attached hydrogens (tertiary/aromatic N) is 2. The fraction of sp³-hybridized carbons (Fsp3) is 0.600. The van der Waals surface area contributed by atoms with E-state index < -0.39 is 0 Å². The van der Waals surface area contributed by atoms with Gasteiger partial charge in [-0.05, 0) is 20.8 Å². The van der Waals surface area contributed by atoms with Gasteiger partial charge in [-0.3, -0.25) is 4.79 Å². The Labute approximate surface area is 79.9 Å². The van der Waals surface area contributed by atoms with Crippen LogP contribution in [-0.2, 0) is 4.79 Å². The van der Waals surface area contributed by atoms with Crippen LogP contribution in [0, 0.1) is 6.57 Å². The lowest BCUT2D eigenvalue weighted by Crippen LogP contribution is -2.40. The molecule has 0 aliphatic carbocycles. The number of carbonyl (C=O) groups is 1. The fourth-order valence-electron chi connectivity index (χ4n) is 1.13. The highest BCUT2D eigenvalue weighted by molar-refractivity contribution is 5.92. The predicted molar refractivity (Wildman–Crippen MR) is 53.1 cm³/mol. The molecule has 3 nitrogen and oxygen atoms in total. The maximum atomic E-state index is 11.5. The zero-order valence-corrected chi connectivity index (χ0v) is 8.50. The molecule has 0 aromatic rings. The average Bonchev–Trinajstić information content (AvgIpc) is 2.05. The van der Waals surface area contributed by atoms with Crippen LogP contribution in [0.4, 0.5) is 0 Å². The quantitative estimate of drug-likeness (QED) is 0.477. The van der Waals surface area contributed by atoms with E-state index in [0.717, 1.165) is 0 Å². The van der Waals surface area contributed by atoms with Crippen LogP contribution in [0.25, 0.3) is 4.85 Å². The van der Waals surface area contributed by atoms with Crippen molar-refractivity contribution < 1.29 is 4.79 Å². The summed E-state index contributed by atoms with van der Waals surface area (Å²) in [6, 6.07) is -0.0216. The average molecular weight is 180 g/mol. The second kappa shape index (κ2) is 5.36. The minimum atomic E-state index is -0.0568. The number of hydrogen-bond acceptors (Lipinski definition) is 1. The van der Waals surface area contributed by atoms with E-state index in [1.54, 1.807) is 11.8 Å². The highest BCUT2D eigenvalue weighted by Crippen LogP contribution is 2.04. The molecule has 72 valence electrons. The predicted octanol–water partition coefficient (Wildman–Crippen LogP) is 1.72. The lowest BCUT2D eigenvalue weighted by molar-refractivity contribution is -0.128. The number of rotatable bonds is 4. The van der Waals surface area contributed by atoms with Crippen molar-refractivity contribution in [3.63, 3.8) is 0 Å². The maximum absolute atomic E-state index is 11.5. The molecular weight excluding hydrogens is 164 g/mol. The summed E-state index contributed by atoms with van der Waals surface area (Å²) < 4.78 is 0. The van der Waals surface area contributed by atoms with E-state index in [2.05, 4.69) is 11.4 Å². The molecule has 0 aromatic heterocycles. The van der Waals surface area contributed by atoms with Crippen LogP contribution in [0.15, 0.2) is 12.2 Å². The van der Waals surface area contributed by atoms with Crippen LogP contribution in [0.3, 0.4) is 0 Å². The molecule has 0 heterocycles. The summed E-state index contributed by atoms with van der Waals surface area (Å²) in [4.78, 5) is 16.5. The molecule has 1 unspecified atom stereocenters. The molecule has 0 aliphatic heterocycles. The molecule has 0 saturated carbocycles. The Balaban J connectivity index is 4.42.